The normalized spacial score (nSPS) is 16.4. The largest absolute Gasteiger partial charge is 0.466 e. The first-order valence-electron chi connectivity index (χ1n) is 6.87. The SMILES string of the molecule is CC(C)=CCCC(C)CCOC(=O)CC1CC1. The summed E-state index contributed by atoms with van der Waals surface area (Å²) in [7, 11) is 0. The van der Waals surface area contributed by atoms with Crippen molar-refractivity contribution in [3.05, 3.63) is 11.6 Å². The Balaban J connectivity index is 1.96. The van der Waals surface area contributed by atoms with Gasteiger partial charge in [0.25, 0.3) is 0 Å². The van der Waals surface area contributed by atoms with Crippen LogP contribution < -0.4 is 0 Å². The number of carbonyl (C=O) groups is 1. The summed E-state index contributed by atoms with van der Waals surface area (Å²) in [5, 5.41) is 0. The van der Waals surface area contributed by atoms with Gasteiger partial charge in [-0.05, 0) is 57.8 Å². The summed E-state index contributed by atoms with van der Waals surface area (Å²) in [4.78, 5) is 11.3. The lowest BCUT2D eigenvalue weighted by molar-refractivity contribution is -0.144. The van der Waals surface area contributed by atoms with Gasteiger partial charge < -0.3 is 4.74 Å². The number of hydrogen-bond donors (Lipinski definition) is 0. The molecular weight excluding hydrogens is 212 g/mol. The van der Waals surface area contributed by atoms with Crippen molar-refractivity contribution in [1.82, 2.24) is 0 Å². The molecule has 2 heteroatoms. The fourth-order valence-electron chi connectivity index (χ4n) is 1.79. The second-order valence-corrected chi connectivity index (χ2v) is 5.62. The van der Waals surface area contributed by atoms with Crippen LogP contribution in [0.2, 0.25) is 0 Å². The second kappa shape index (κ2) is 7.52. The molecule has 0 amide bonds. The van der Waals surface area contributed by atoms with E-state index in [-0.39, 0.29) is 5.97 Å². The molecule has 0 saturated heterocycles. The predicted octanol–water partition coefficient (Wildman–Crippen LogP) is 4.10. The zero-order valence-electron chi connectivity index (χ0n) is 11.5. The van der Waals surface area contributed by atoms with Crippen LogP contribution in [-0.4, -0.2) is 12.6 Å². The Morgan fingerprint density at radius 3 is 2.65 bits per heavy atom. The topological polar surface area (TPSA) is 26.3 Å². The van der Waals surface area contributed by atoms with Gasteiger partial charge in [0.2, 0.25) is 0 Å². The molecule has 0 aromatic heterocycles. The smallest absolute Gasteiger partial charge is 0.306 e. The first-order valence-corrected chi connectivity index (χ1v) is 6.87. The van der Waals surface area contributed by atoms with E-state index in [9.17, 15) is 4.79 Å². The Labute approximate surface area is 105 Å². The molecule has 17 heavy (non-hydrogen) atoms. The van der Waals surface area contributed by atoms with Crippen LogP contribution in [0.3, 0.4) is 0 Å². The molecule has 0 spiro atoms. The third-order valence-corrected chi connectivity index (χ3v) is 3.24. The van der Waals surface area contributed by atoms with Crippen LogP contribution in [0.1, 0.15) is 59.3 Å². The third-order valence-electron chi connectivity index (χ3n) is 3.24. The van der Waals surface area contributed by atoms with Crippen molar-refractivity contribution >= 4 is 5.97 Å². The molecule has 1 atom stereocenters. The maximum atomic E-state index is 11.3. The zero-order valence-corrected chi connectivity index (χ0v) is 11.5. The molecule has 1 aliphatic rings. The Hall–Kier alpha value is -0.790. The van der Waals surface area contributed by atoms with Gasteiger partial charge in [-0.15, -0.1) is 0 Å². The van der Waals surface area contributed by atoms with Crippen molar-refractivity contribution in [3.8, 4) is 0 Å². The van der Waals surface area contributed by atoms with Crippen LogP contribution in [-0.2, 0) is 9.53 Å². The highest BCUT2D eigenvalue weighted by Gasteiger charge is 2.25. The van der Waals surface area contributed by atoms with Gasteiger partial charge in [0.05, 0.1) is 6.61 Å². The van der Waals surface area contributed by atoms with Gasteiger partial charge in [-0.25, -0.2) is 0 Å². The second-order valence-electron chi connectivity index (χ2n) is 5.62. The molecule has 1 saturated carbocycles. The van der Waals surface area contributed by atoms with E-state index in [2.05, 4.69) is 26.8 Å². The van der Waals surface area contributed by atoms with Crippen molar-refractivity contribution in [2.45, 2.75) is 59.3 Å². The molecule has 0 heterocycles. The highest BCUT2D eigenvalue weighted by Crippen LogP contribution is 2.32. The van der Waals surface area contributed by atoms with E-state index >= 15 is 0 Å². The minimum Gasteiger partial charge on any atom is -0.466 e. The number of allylic oxidation sites excluding steroid dienone is 2. The summed E-state index contributed by atoms with van der Waals surface area (Å²) in [6.07, 6.45) is 8.67. The number of carbonyl (C=O) groups excluding carboxylic acids is 1. The molecule has 0 N–H and O–H groups in total. The van der Waals surface area contributed by atoms with Gasteiger partial charge in [-0.3, -0.25) is 4.79 Å². The van der Waals surface area contributed by atoms with Crippen molar-refractivity contribution < 1.29 is 9.53 Å². The molecule has 0 bridgehead atoms. The number of esters is 1. The molecule has 1 rings (SSSR count). The van der Waals surface area contributed by atoms with Crippen molar-refractivity contribution in [1.29, 1.82) is 0 Å². The van der Waals surface area contributed by atoms with Crippen molar-refractivity contribution in [3.63, 3.8) is 0 Å². The quantitative estimate of drug-likeness (QED) is 0.470. The lowest BCUT2D eigenvalue weighted by atomic mass is 10.0. The molecule has 0 aromatic rings. The lowest BCUT2D eigenvalue weighted by Crippen LogP contribution is -2.09. The van der Waals surface area contributed by atoms with E-state index in [1.54, 1.807) is 0 Å². The Bertz CT molecular complexity index is 260. The molecule has 0 aromatic carbocycles. The van der Waals surface area contributed by atoms with Gasteiger partial charge in [-0.1, -0.05) is 18.6 Å². The molecular formula is C15H26O2. The van der Waals surface area contributed by atoms with Gasteiger partial charge in [0.15, 0.2) is 0 Å². The number of rotatable bonds is 8. The fourth-order valence-corrected chi connectivity index (χ4v) is 1.79. The summed E-state index contributed by atoms with van der Waals surface area (Å²) in [5.74, 6) is 1.28. The summed E-state index contributed by atoms with van der Waals surface area (Å²) in [5.41, 5.74) is 1.38. The first kappa shape index (κ1) is 14.3. The van der Waals surface area contributed by atoms with E-state index in [1.807, 2.05) is 0 Å². The van der Waals surface area contributed by atoms with Gasteiger partial charge in [0.1, 0.15) is 0 Å². The van der Waals surface area contributed by atoms with E-state index in [0.717, 1.165) is 12.8 Å². The van der Waals surface area contributed by atoms with Crippen LogP contribution in [0.4, 0.5) is 0 Å². The average Bonchev–Trinajstić information content (AvgIpc) is 3.01. The Morgan fingerprint density at radius 1 is 1.35 bits per heavy atom. The Morgan fingerprint density at radius 2 is 2.06 bits per heavy atom. The van der Waals surface area contributed by atoms with Crippen LogP contribution in [0.15, 0.2) is 11.6 Å². The molecule has 2 nitrogen and oxygen atoms in total. The third kappa shape index (κ3) is 8.00. The van der Waals surface area contributed by atoms with E-state index < -0.39 is 0 Å². The maximum absolute atomic E-state index is 11.3. The highest BCUT2D eigenvalue weighted by molar-refractivity contribution is 5.69. The van der Waals surface area contributed by atoms with E-state index in [4.69, 9.17) is 4.74 Å². The number of hydrogen-bond acceptors (Lipinski definition) is 2. The molecule has 1 unspecified atom stereocenters. The molecule has 0 aliphatic heterocycles. The van der Waals surface area contributed by atoms with Crippen molar-refractivity contribution in [2.24, 2.45) is 11.8 Å². The maximum Gasteiger partial charge on any atom is 0.306 e. The minimum atomic E-state index is 0.00370. The lowest BCUT2D eigenvalue weighted by Gasteiger charge is -2.10. The number of ether oxygens (including phenoxy) is 1. The standard InChI is InChI=1S/C15H26O2/c1-12(2)5-4-6-13(3)9-10-17-15(16)11-14-7-8-14/h5,13-14H,4,6-11H2,1-3H3. The van der Waals surface area contributed by atoms with Crippen molar-refractivity contribution in [2.75, 3.05) is 6.61 Å². The molecule has 98 valence electrons. The van der Waals surface area contributed by atoms with Crippen LogP contribution in [0, 0.1) is 11.8 Å². The minimum absolute atomic E-state index is 0.00370. The summed E-state index contributed by atoms with van der Waals surface area (Å²) in [6, 6.07) is 0. The van der Waals surface area contributed by atoms with Crippen LogP contribution >= 0.6 is 0 Å². The van der Waals surface area contributed by atoms with Crippen LogP contribution in [0.5, 0.6) is 0 Å². The average molecular weight is 238 g/mol. The predicted molar refractivity (Wildman–Crippen MR) is 70.7 cm³/mol. The van der Waals surface area contributed by atoms with Crippen LogP contribution in [0.25, 0.3) is 0 Å². The summed E-state index contributed by atoms with van der Waals surface area (Å²) < 4.78 is 5.24. The molecule has 1 fully saturated rings. The van der Waals surface area contributed by atoms with Gasteiger partial charge >= 0.3 is 5.97 Å². The first-order chi connectivity index (χ1) is 8.08. The van der Waals surface area contributed by atoms with E-state index in [1.165, 1.54) is 24.8 Å². The monoisotopic (exact) mass is 238 g/mol. The summed E-state index contributed by atoms with van der Waals surface area (Å²) in [6.45, 7) is 7.09. The zero-order chi connectivity index (χ0) is 12.7. The van der Waals surface area contributed by atoms with Gasteiger partial charge in [-0.2, -0.15) is 0 Å². The van der Waals surface area contributed by atoms with Gasteiger partial charge in [0, 0.05) is 6.42 Å². The molecule has 1 aliphatic carbocycles. The Kier molecular flexibility index (Phi) is 6.31. The van der Waals surface area contributed by atoms with E-state index in [0.29, 0.717) is 24.9 Å². The molecule has 0 radical (unpaired) electrons. The summed E-state index contributed by atoms with van der Waals surface area (Å²) >= 11 is 0. The fraction of sp³-hybridized carbons (Fsp3) is 0.800. The highest BCUT2D eigenvalue weighted by atomic mass is 16.5.